The van der Waals surface area contributed by atoms with Gasteiger partial charge in [-0.1, -0.05) is 19.1 Å². The van der Waals surface area contributed by atoms with Gasteiger partial charge in [-0.3, -0.25) is 0 Å². The Balaban J connectivity index is 2.98. The van der Waals surface area contributed by atoms with Gasteiger partial charge in [-0.25, -0.2) is 0 Å². The summed E-state index contributed by atoms with van der Waals surface area (Å²) in [4.78, 5) is 0. The molecule has 0 heterocycles. The van der Waals surface area contributed by atoms with Crippen LogP contribution in [0.15, 0.2) is 18.2 Å². The summed E-state index contributed by atoms with van der Waals surface area (Å²) in [7, 11) is 0. The lowest BCUT2D eigenvalue weighted by atomic mass is 10.1. The van der Waals surface area contributed by atoms with Crippen molar-refractivity contribution in [3.05, 3.63) is 29.3 Å². The van der Waals surface area contributed by atoms with Gasteiger partial charge in [-0.05, 0) is 23.6 Å². The van der Waals surface area contributed by atoms with Crippen LogP contribution >= 0.6 is 0 Å². The number of phenolic OH excluding ortho intramolecular Hbond substituents is 1. The minimum Gasteiger partial charge on any atom is -0.508 e. The molecule has 2 nitrogen and oxygen atoms in total. The zero-order valence-corrected chi connectivity index (χ0v) is 7.04. The number of hydrogen-bond donors (Lipinski definition) is 1. The number of benzene rings is 1. The van der Waals surface area contributed by atoms with E-state index in [1.54, 1.807) is 12.1 Å². The van der Waals surface area contributed by atoms with Crippen molar-refractivity contribution in [3.63, 3.8) is 0 Å². The first-order valence-electron chi connectivity index (χ1n) is 3.95. The molecule has 1 rings (SSSR count). The predicted octanol–water partition coefficient (Wildman–Crippen LogP) is 2.02. The summed E-state index contributed by atoms with van der Waals surface area (Å²) in [5, 5.41) is 17.8. The Morgan fingerprint density at radius 3 is 2.83 bits per heavy atom. The van der Waals surface area contributed by atoms with Crippen LogP contribution in [0.1, 0.15) is 18.1 Å². The van der Waals surface area contributed by atoms with E-state index in [-0.39, 0.29) is 0 Å². The van der Waals surface area contributed by atoms with Gasteiger partial charge in [0.05, 0.1) is 12.5 Å². The zero-order valence-electron chi connectivity index (χ0n) is 7.04. The van der Waals surface area contributed by atoms with Crippen LogP contribution < -0.4 is 0 Å². The second kappa shape index (κ2) is 3.77. The fourth-order valence-corrected chi connectivity index (χ4v) is 1.12. The monoisotopic (exact) mass is 161 g/mol. The maximum absolute atomic E-state index is 9.32. The molecule has 1 aromatic carbocycles. The number of aromatic hydroxyl groups is 1. The van der Waals surface area contributed by atoms with Crippen LogP contribution in [0.25, 0.3) is 0 Å². The molecular formula is C10H11NO. The van der Waals surface area contributed by atoms with Crippen LogP contribution in [0.2, 0.25) is 0 Å². The van der Waals surface area contributed by atoms with E-state index in [9.17, 15) is 5.11 Å². The van der Waals surface area contributed by atoms with Crippen molar-refractivity contribution in [1.82, 2.24) is 0 Å². The van der Waals surface area contributed by atoms with Crippen LogP contribution in [0.5, 0.6) is 5.75 Å². The van der Waals surface area contributed by atoms with Crippen LogP contribution in [-0.2, 0) is 12.8 Å². The van der Waals surface area contributed by atoms with E-state index in [2.05, 4.69) is 6.07 Å². The quantitative estimate of drug-likeness (QED) is 0.721. The van der Waals surface area contributed by atoms with Gasteiger partial charge in [-0.15, -0.1) is 0 Å². The van der Waals surface area contributed by atoms with E-state index in [0.29, 0.717) is 12.2 Å². The van der Waals surface area contributed by atoms with Gasteiger partial charge in [0.15, 0.2) is 0 Å². The molecule has 1 N–H and O–H groups in total. The molecule has 0 amide bonds. The third kappa shape index (κ3) is 1.76. The molecule has 0 bridgehead atoms. The minimum atomic E-state index is 0.319. The van der Waals surface area contributed by atoms with Crippen LogP contribution in [0.4, 0.5) is 0 Å². The van der Waals surface area contributed by atoms with Gasteiger partial charge in [0.1, 0.15) is 5.75 Å². The largest absolute Gasteiger partial charge is 0.508 e. The Morgan fingerprint density at radius 2 is 2.25 bits per heavy atom. The van der Waals surface area contributed by atoms with Crippen LogP contribution in [-0.4, -0.2) is 5.11 Å². The van der Waals surface area contributed by atoms with Crippen molar-refractivity contribution in [3.8, 4) is 11.8 Å². The average Bonchev–Trinajstić information content (AvgIpc) is 2.09. The fourth-order valence-electron chi connectivity index (χ4n) is 1.12. The van der Waals surface area contributed by atoms with Gasteiger partial charge in [-0.2, -0.15) is 5.26 Å². The first kappa shape index (κ1) is 8.61. The molecule has 0 fully saturated rings. The highest BCUT2D eigenvalue weighted by Gasteiger charge is 1.99. The topological polar surface area (TPSA) is 44.0 Å². The van der Waals surface area contributed by atoms with Gasteiger partial charge in [0, 0.05) is 0 Å². The number of nitriles is 1. The second-order valence-electron chi connectivity index (χ2n) is 2.65. The molecule has 12 heavy (non-hydrogen) atoms. The molecule has 0 atom stereocenters. The summed E-state index contributed by atoms with van der Waals surface area (Å²) < 4.78 is 0. The van der Waals surface area contributed by atoms with E-state index >= 15 is 0 Å². The number of nitrogens with zero attached hydrogens (tertiary/aromatic N) is 1. The highest BCUT2D eigenvalue weighted by molar-refractivity contribution is 5.36. The van der Waals surface area contributed by atoms with Crippen molar-refractivity contribution in [2.45, 2.75) is 19.8 Å². The second-order valence-corrected chi connectivity index (χ2v) is 2.65. The zero-order chi connectivity index (χ0) is 8.97. The van der Waals surface area contributed by atoms with Crippen molar-refractivity contribution in [1.29, 1.82) is 5.26 Å². The molecule has 0 spiro atoms. The third-order valence-electron chi connectivity index (χ3n) is 1.81. The Kier molecular flexibility index (Phi) is 2.71. The fraction of sp³-hybridized carbons (Fsp3) is 0.300. The summed E-state index contributed by atoms with van der Waals surface area (Å²) in [6.07, 6.45) is 1.21. The molecule has 0 saturated carbocycles. The van der Waals surface area contributed by atoms with Crippen LogP contribution in [0.3, 0.4) is 0 Å². The molecule has 0 saturated heterocycles. The summed E-state index contributed by atoms with van der Waals surface area (Å²) in [5.74, 6) is 0.319. The van der Waals surface area contributed by atoms with Gasteiger partial charge in [0.2, 0.25) is 0 Å². The number of phenols is 1. The van der Waals surface area contributed by atoms with Crippen molar-refractivity contribution < 1.29 is 5.11 Å². The Hall–Kier alpha value is -1.49. The lowest BCUT2D eigenvalue weighted by molar-refractivity contribution is 0.468. The van der Waals surface area contributed by atoms with E-state index in [1.165, 1.54) is 0 Å². The van der Waals surface area contributed by atoms with Crippen molar-refractivity contribution in [2.75, 3.05) is 0 Å². The average molecular weight is 161 g/mol. The number of hydrogen-bond acceptors (Lipinski definition) is 2. The molecule has 0 aliphatic rings. The maximum Gasteiger partial charge on any atom is 0.118 e. The lowest BCUT2D eigenvalue weighted by Gasteiger charge is -2.02. The molecule has 0 aliphatic carbocycles. The molecule has 0 radical (unpaired) electrons. The Morgan fingerprint density at radius 1 is 1.50 bits per heavy atom. The van der Waals surface area contributed by atoms with Crippen molar-refractivity contribution >= 4 is 0 Å². The molecule has 62 valence electrons. The Labute approximate surface area is 72.1 Å². The molecular weight excluding hydrogens is 150 g/mol. The summed E-state index contributed by atoms with van der Waals surface area (Å²) in [5.41, 5.74) is 1.87. The highest BCUT2D eigenvalue weighted by atomic mass is 16.3. The maximum atomic E-state index is 9.32. The van der Waals surface area contributed by atoms with E-state index < -0.39 is 0 Å². The van der Waals surface area contributed by atoms with E-state index in [1.807, 2.05) is 13.0 Å². The lowest BCUT2D eigenvalue weighted by Crippen LogP contribution is -1.86. The minimum absolute atomic E-state index is 0.319. The van der Waals surface area contributed by atoms with Gasteiger partial charge >= 0.3 is 0 Å². The highest BCUT2D eigenvalue weighted by Crippen LogP contribution is 2.18. The smallest absolute Gasteiger partial charge is 0.118 e. The van der Waals surface area contributed by atoms with E-state index in [0.717, 1.165) is 17.5 Å². The summed E-state index contributed by atoms with van der Waals surface area (Å²) in [6, 6.07) is 7.37. The third-order valence-corrected chi connectivity index (χ3v) is 1.81. The normalized spacial score (nSPS) is 9.33. The van der Waals surface area contributed by atoms with Gasteiger partial charge in [0.25, 0.3) is 0 Å². The summed E-state index contributed by atoms with van der Waals surface area (Å²) >= 11 is 0. The SMILES string of the molecule is CCc1cc(CC#N)ccc1O. The van der Waals surface area contributed by atoms with E-state index in [4.69, 9.17) is 5.26 Å². The first-order chi connectivity index (χ1) is 5.77. The van der Waals surface area contributed by atoms with Crippen LogP contribution in [0, 0.1) is 11.3 Å². The van der Waals surface area contributed by atoms with Gasteiger partial charge < -0.3 is 5.11 Å². The summed E-state index contributed by atoms with van der Waals surface area (Å²) in [6.45, 7) is 1.98. The van der Waals surface area contributed by atoms with Crippen molar-refractivity contribution in [2.24, 2.45) is 0 Å². The standard InChI is InChI=1S/C10H11NO/c1-2-9-7-8(5-6-11)3-4-10(9)12/h3-4,7,12H,2,5H2,1H3. The Bertz CT molecular complexity index is 312. The number of aryl methyl sites for hydroxylation is 1. The molecule has 0 aromatic heterocycles. The molecule has 0 aliphatic heterocycles. The first-order valence-corrected chi connectivity index (χ1v) is 3.95. The predicted molar refractivity (Wildman–Crippen MR) is 46.8 cm³/mol. The number of rotatable bonds is 2. The molecule has 1 aromatic rings. The molecule has 0 unspecified atom stereocenters. The molecule has 2 heteroatoms.